The predicted molar refractivity (Wildman–Crippen MR) is 122 cm³/mol. The summed E-state index contributed by atoms with van der Waals surface area (Å²) in [6.07, 6.45) is 4.63. The number of rotatable bonds is 7. The highest BCUT2D eigenvalue weighted by atomic mass is 35.5. The molecule has 1 aliphatic rings. The molecule has 33 heavy (non-hydrogen) atoms. The molecule has 2 aromatic heterocycles. The van der Waals surface area contributed by atoms with Gasteiger partial charge in [-0.25, -0.2) is 18.7 Å². The third kappa shape index (κ3) is 5.12. The normalized spacial score (nSPS) is 18.2. The van der Waals surface area contributed by atoms with Gasteiger partial charge in [-0.3, -0.25) is 4.79 Å². The molecule has 11 heteroatoms. The topological polar surface area (TPSA) is 85.2 Å². The number of alkyl halides is 1. The fourth-order valence-corrected chi connectivity index (χ4v) is 3.81. The second-order valence-corrected chi connectivity index (χ2v) is 8.09. The first kappa shape index (κ1) is 23.1. The molecule has 1 aliphatic heterocycles. The smallest absolute Gasteiger partial charge is 0.292 e. The van der Waals surface area contributed by atoms with Gasteiger partial charge < -0.3 is 15.0 Å². The maximum absolute atomic E-state index is 14.7. The Balaban J connectivity index is 1.52. The Hall–Kier alpha value is -3.11. The van der Waals surface area contributed by atoms with Gasteiger partial charge in [0.25, 0.3) is 5.56 Å². The first-order chi connectivity index (χ1) is 15.9. The molecule has 1 atom stereocenters. The largest absolute Gasteiger partial charge is 0.379 e. The maximum Gasteiger partial charge on any atom is 0.292 e. The second kappa shape index (κ2) is 9.80. The van der Waals surface area contributed by atoms with Crippen molar-refractivity contribution in [3.05, 3.63) is 64.0 Å². The summed E-state index contributed by atoms with van der Waals surface area (Å²) in [6, 6.07) is 6.95. The van der Waals surface area contributed by atoms with Crippen molar-refractivity contribution in [3.63, 3.8) is 0 Å². The molecule has 1 saturated heterocycles. The average molecular weight is 477 g/mol. The number of nitrogens with zero attached hydrogens (tertiary/aromatic N) is 5. The van der Waals surface area contributed by atoms with Gasteiger partial charge in [-0.1, -0.05) is 11.6 Å². The van der Waals surface area contributed by atoms with Crippen molar-refractivity contribution in [2.24, 2.45) is 0 Å². The summed E-state index contributed by atoms with van der Waals surface area (Å²) in [7, 11) is 0. The van der Waals surface area contributed by atoms with Crippen LogP contribution in [-0.2, 0) is 4.74 Å². The predicted octanol–water partition coefficient (Wildman–Crippen LogP) is 3.90. The molecule has 3 aromatic rings. The van der Waals surface area contributed by atoms with E-state index in [9.17, 15) is 13.6 Å². The monoisotopic (exact) mass is 476 g/mol. The molecule has 174 valence electrons. The van der Waals surface area contributed by atoms with Gasteiger partial charge in [0, 0.05) is 18.8 Å². The molecule has 8 nitrogen and oxygen atoms in total. The van der Waals surface area contributed by atoms with Crippen LogP contribution in [0, 0.1) is 5.82 Å². The minimum Gasteiger partial charge on any atom is -0.379 e. The molecule has 0 bridgehead atoms. The summed E-state index contributed by atoms with van der Waals surface area (Å²) in [5.74, 6) is -0.159. The summed E-state index contributed by atoms with van der Waals surface area (Å²) < 4.78 is 34.3. The molecule has 3 heterocycles. The summed E-state index contributed by atoms with van der Waals surface area (Å²) in [4.78, 5) is 22.6. The van der Waals surface area contributed by atoms with Gasteiger partial charge in [-0.05, 0) is 44.0 Å². The van der Waals surface area contributed by atoms with Crippen molar-refractivity contribution in [3.8, 4) is 5.69 Å². The van der Waals surface area contributed by atoms with Gasteiger partial charge in [-0.15, -0.1) is 0 Å². The summed E-state index contributed by atoms with van der Waals surface area (Å²) in [6.45, 7) is 3.00. The number of ether oxygens (including phenoxy) is 1. The van der Waals surface area contributed by atoms with E-state index in [2.05, 4.69) is 20.4 Å². The molecule has 0 spiro atoms. The molecule has 1 aromatic carbocycles. The van der Waals surface area contributed by atoms with Crippen LogP contribution in [0.2, 0.25) is 5.02 Å². The molecule has 0 radical (unpaired) electrons. The standard InChI is InChI=1S/C22H23ClF2N6O2/c1-2-30(21-26-10-15(24)11-27-21)16-4-6-17(7-5-16)31-20(32)19(23)18(12-29-31)28-13-22(25)8-3-9-33-14-22/h4-7,10-12,28H,2-3,8-9,13-14H2,1H3. The van der Waals surface area contributed by atoms with Gasteiger partial charge in [0.15, 0.2) is 11.5 Å². The highest BCUT2D eigenvalue weighted by Gasteiger charge is 2.32. The van der Waals surface area contributed by atoms with Crippen LogP contribution in [-0.4, -0.2) is 51.7 Å². The molecule has 0 saturated carbocycles. The second-order valence-electron chi connectivity index (χ2n) is 7.71. The van der Waals surface area contributed by atoms with Crippen LogP contribution >= 0.6 is 11.6 Å². The fraction of sp³-hybridized carbons (Fsp3) is 0.364. The first-order valence-electron chi connectivity index (χ1n) is 10.5. The number of hydrogen-bond donors (Lipinski definition) is 1. The minimum absolute atomic E-state index is 0.00615. The molecule has 1 fully saturated rings. The SMILES string of the molecule is CCN(c1ccc(-n2ncc(NCC3(F)CCCOC3)c(Cl)c2=O)cc1)c1ncc(F)cn1. The average Bonchev–Trinajstić information content (AvgIpc) is 2.83. The highest BCUT2D eigenvalue weighted by molar-refractivity contribution is 6.32. The third-order valence-electron chi connectivity index (χ3n) is 5.36. The van der Waals surface area contributed by atoms with Gasteiger partial charge in [-0.2, -0.15) is 9.78 Å². The van der Waals surface area contributed by atoms with Crippen molar-refractivity contribution < 1.29 is 13.5 Å². The Morgan fingerprint density at radius 2 is 1.97 bits per heavy atom. The van der Waals surface area contributed by atoms with E-state index < -0.39 is 17.0 Å². The Labute approximate surface area is 194 Å². The van der Waals surface area contributed by atoms with Crippen LogP contribution in [0.5, 0.6) is 0 Å². The molecule has 1 unspecified atom stereocenters. The van der Waals surface area contributed by atoms with E-state index in [1.807, 2.05) is 6.92 Å². The number of aromatic nitrogens is 4. The number of hydrogen-bond acceptors (Lipinski definition) is 7. The number of nitrogens with one attached hydrogen (secondary N) is 1. The lowest BCUT2D eigenvalue weighted by molar-refractivity contribution is -0.0234. The van der Waals surface area contributed by atoms with E-state index in [1.54, 1.807) is 29.2 Å². The molecular formula is C22H23ClF2N6O2. The molecule has 0 aliphatic carbocycles. The van der Waals surface area contributed by atoms with E-state index in [1.165, 1.54) is 6.20 Å². The number of anilines is 3. The zero-order valence-electron chi connectivity index (χ0n) is 18.0. The van der Waals surface area contributed by atoms with Gasteiger partial charge in [0.1, 0.15) is 5.02 Å². The number of halogens is 3. The van der Waals surface area contributed by atoms with Crippen molar-refractivity contribution in [1.82, 2.24) is 19.7 Å². The molecular weight excluding hydrogens is 454 g/mol. The quantitative estimate of drug-likeness (QED) is 0.553. The Morgan fingerprint density at radius 3 is 2.61 bits per heavy atom. The minimum atomic E-state index is -1.51. The zero-order valence-corrected chi connectivity index (χ0v) is 18.7. The highest BCUT2D eigenvalue weighted by Crippen LogP contribution is 2.26. The van der Waals surface area contributed by atoms with Crippen molar-refractivity contribution in [2.75, 3.05) is 36.5 Å². The molecule has 0 amide bonds. The zero-order chi connectivity index (χ0) is 23.4. The van der Waals surface area contributed by atoms with Crippen molar-refractivity contribution >= 4 is 28.9 Å². The summed E-state index contributed by atoms with van der Waals surface area (Å²) in [5.41, 5.74) is -0.519. The van der Waals surface area contributed by atoms with E-state index >= 15 is 0 Å². The van der Waals surface area contributed by atoms with E-state index in [-0.39, 0.29) is 23.9 Å². The fourth-order valence-electron chi connectivity index (χ4n) is 3.61. The van der Waals surface area contributed by atoms with Gasteiger partial charge >= 0.3 is 0 Å². The first-order valence-corrected chi connectivity index (χ1v) is 10.9. The van der Waals surface area contributed by atoms with Gasteiger partial charge in [0.05, 0.1) is 43.1 Å². The van der Waals surface area contributed by atoms with Gasteiger partial charge in [0.2, 0.25) is 5.95 Å². The van der Waals surface area contributed by atoms with Crippen LogP contribution in [0.25, 0.3) is 5.69 Å². The van der Waals surface area contributed by atoms with Crippen LogP contribution in [0.1, 0.15) is 19.8 Å². The summed E-state index contributed by atoms with van der Waals surface area (Å²) >= 11 is 6.26. The van der Waals surface area contributed by atoms with Crippen LogP contribution in [0.4, 0.5) is 26.1 Å². The molecule has 4 rings (SSSR count). The van der Waals surface area contributed by atoms with Crippen LogP contribution < -0.4 is 15.8 Å². The van der Waals surface area contributed by atoms with Crippen LogP contribution in [0.3, 0.4) is 0 Å². The van der Waals surface area contributed by atoms with E-state index in [0.29, 0.717) is 37.6 Å². The Kier molecular flexibility index (Phi) is 6.85. The Bertz CT molecular complexity index is 1150. The van der Waals surface area contributed by atoms with Crippen molar-refractivity contribution in [1.29, 1.82) is 0 Å². The lowest BCUT2D eigenvalue weighted by Gasteiger charge is -2.29. The number of benzene rings is 1. The summed E-state index contributed by atoms with van der Waals surface area (Å²) in [5, 5.41) is 6.99. The van der Waals surface area contributed by atoms with Crippen LogP contribution in [0.15, 0.2) is 47.7 Å². The lowest BCUT2D eigenvalue weighted by Crippen LogP contribution is -2.40. The lowest BCUT2D eigenvalue weighted by atomic mass is 9.99. The van der Waals surface area contributed by atoms with E-state index in [0.717, 1.165) is 22.8 Å². The van der Waals surface area contributed by atoms with E-state index in [4.69, 9.17) is 16.3 Å². The molecule has 1 N–H and O–H groups in total. The Morgan fingerprint density at radius 1 is 1.24 bits per heavy atom. The van der Waals surface area contributed by atoms with Crippen molar-refractivity contribution in [2.45, 2.75) is 25.4 Å². The third-order valence-corrected chi connectivity index (χ3v) is 5.72. The maximum atomic E-state index is 14.7.